The van der Waals surface area contributed by atoms with E-state index < -0.39 is 6.35 Å². The van der Waals surface area contributed by atoms with Gasteiger partial charge in [-0.2, -0.15) is 0 Å². The highest BCUT2D eigenvalue weighted by Gasteiger charge is 1.99. The normalized spacial score (nSPS) is 12.4. The summed E-state index contributed by atoms with van der Waals surface area (Å²) in [6.45, 7) is 0.438. The number of benzene rings is 1. The molecule has 0 fully saturated rings. The molecule has 4 heteroatoms. The molecule has 0 aliphatic carbocycles. The molecule has 0 amide bonds. The van der Waals surface area contributed by atoms with Crippen LogP contribution in [0.25, 0.3) is 0 Å². The first kappa shape index (κ1) is 8.83. The standard InChI is InChI=1S/C8H10N2O2/c11-8(10-12)9-6-7-4-2-1-3-5-7/h1-5,8-9,11H,6H2. The van der Waals surface area contributed by atoms with Crippen molar-refractivity contribution in [1.82, 2.24) is 5.32 Å². The molecule has 64 valence electrons. The van der Waals surface area contributed by atoms with Crippen LogP contribution in [0.15, 0.2) is 35.5 Å². The number of nitroso groups, excluding NO2 is 1. The maximum atomic E-state index is 9.76. The van der Waals surface area contributed by atoms with E-state index in [1.165, 1.54) is 0 Å². The molecule has 1 aromatic rings. The molecule has 0 heterocycles. The smallest absolute Gasteiger partial charge is 0.243 e. The zero-order chi connectivity index (χ0) is 8.81. The van der Waals surface area contributed by atoms with Crippen molar-refractivity contribution in [3.05, 3.63) is 40.8 Å². The van der Waals surface area contributed by atoms with E-state index in [1.54, 1.807) is 0 Å². The number of rotatable bonds is 4. The van der Waals surface area contributed by atoms with Crippen LogP contribution in [-0.4, -0.2) is 11.5 Å². The number of nitrogens with zero attached hydrogens (tertiary/aromatic N) is 1. The number of aliphatic hydroxyl groups is 1. The van der Waals surface area contributed by atoms with E-state index in [0.29, 0.717) is 6.54 Å². The van der Waals surface area contributed by atoms with Gasteiger partial charge in [-0.15, -0.1) is 4.91 Å². The van der Waals surface area contributed by atoms with Gasteiger partial charge in [0, 0.05) is 6.54 Å². The van der Waals surface area contributed by atoms with Crippen LogP contribution in [0.4, 0.5) is 0 Å². The summed E-state index contributed by atoms with van der Waals surface area (Å²) in [4.78, 5) is 9.76. The molecule has 1 atom stereocenters. The Morgan fingerprint density at radius 1 is 1.42 bits per heavy atom. The average molecular weight is 166 g/mol. The maximum Gasteiger partial charge on any atom is 0.243 e. The maximum absolute atomic E-state index is 9.76. The van der Waals surface area contributed by atoms with E-state index in [1.807, 2.05) is 30.3 Å². The lowest BCUT2D eigenvalue weighted by Gasteiger charge is -2.04. The monoisotopic (exact) mass is 166 g/mol. The lowest BCUT2D eigenvalue weighted by molar-refractivity contribution is 0.143. The van der Waals surface area contributed by atoms with E-state index in [4.69, 9.17) is 5.11 Å². The van der Waals surface area contributed by atoms with Crippen LogP contribution in [0.5, 0.6) is 0 Å². The van der Waals surface area contributed by atoms with Crippen molar-refractivity contribution in [1.29, 1.82) is 0 Å². The van der Waals surface area contributed by atoms with E-state index >= 15 is 0 Å². The molecule has 1 unspecified atom stereocenters. The quantitative estimate of drug-likeness (QED) is 0.514. The molecule has 0 aliphatic heterocycles. The summed E-state index contributed by atoms with van der Waals surface area (Å²) >= 11 is 0. The van der Waals surface area contributed by atoms with E-state index in [0.717, 1.165) is 5.56 Å². The number of hydrogen-bond donors (Lipinski definition) is 2. The van der Waals surface area contributed by atoms with Gasteiger partial charge >= 0.3 is 0 Å². The molecule has 0 saturated heterocycles. The Morgan fingerprint density at radius 3 is 2.67 bits per heavy atom. The Kier molecular flexibility index (Phi) is 3.37. The molecule has 12 heavy (non-hydrogen) atoms. The Morgan fingerprint density at radius 2 is 2.08 bits per heavy atom. The summed E-state index contributed by atoms with van der Waals surface area (Å²) in [6, 6.07) is 9.46. The minimum Gasteiger partial charge on any atom is -0.357 e. The van der Waals surface area contributed by atoms with Crippen LogP contribution in [0.2, 0.25) is 0 Å². The van der Waals surface area contributed by atoms with Crippen molar-refractivity contribution in [2.45, 2.75) is 12.9 Å². The third-order valence-corrected chi connectivity index (χ3v) is 1.43. The highest BCUT2D eigenvalue weighted by atomic mass is 16.4. The largest absolute Gasteiger partial charge is 0.357 e. The van der Waals surface area contributed by atoms with Gasteiger partial charge in [-0.3, -0.25) is 5.32 Å². The fourth-order valence-electron chi connectivity index (χ4n) is 0.842. The van der Waals surface area contributed by atoms with Gasteiger partial charge in [-0.1, -0.05) is 30.3 Å². The first-order chi connectivity index (χ1) is 5.83. The number of aliphatic hydroxyl groups excluding tert-OH is 1. The molecule has 0 spiro atoms. The topological polar surface area (TPSA) is 61.7 Å². The van der Waals surface area contributed by atoms with Crippen LogP contribution in [-0.2, 0) is 6.54 Å². The second kappa shape index (κ2) is 4.58. The SMILES string of the molecule is O=NC(O)NCc1ccccc1. The summed E-state index contributed by atoms with van der Waals surface area (Å²) < 4.78 is 0. The van der Waals surface area contributed by atoms with Crippen LogP contribution in [0.3, 0.4) is 0 Å². The average Bonchev–Trinajstić information content (AvgIpc) is 2.16. The summed E-state index contributed by atoms with van der Waals surface area (Å²) in [5.41, 5.74) is 1.00. The molecule has 0 aromatic heterocycles. The van der Waals surface area contributed by atoms with Crippen molar-refractivity contribution in [3.8, 4) is 0 Å². The predicted octanol–water partition coefficient (Wildman–Crippen LogP) is 0.819. The van der Waals surface area contributed by atoms with Crippen molar-refractivity contribution >= 4 is 0 Å². The first-order valence-electron chi connectivity index (χ1n) is 3.61. The minimum atomic E-state index is -1.31. The lowest BCUT2D eigenvalue weighted by Crippen LogP contribution is -2.25. The second-order valence-corrected chi connectivity index (χ2v) is 2.35. The molecular formula is C8H10N2O2. The van der Waals surface area contributed by atoms with Crippen LogP contribution < -0.4 is 5.32 Å². The minimum absolute atomic E-state index is 0.438. The van der Waals surface area contributed by atoms with Gasteiger partial charge in [0.1, 0.15) is 0 Å². The third kappa shape index (κ3) is 2.77. The van der Waals surface area contributed by atoms with Gasteiger partial charge in [-0.05, 0) is 10.7 Å². The van der Waals surface area contributed by atoms with Gasteiger partial charge in [0.15, 0.2) is 0 Å². The van der Waals surface area contributed by atoms with Crippen molar-refractivity contribution in [3.63, 3.8) is 0 Å². The third-order valence-electron chi connectivity index (χ3n) is 1.43. The van der Waals surface area contributed by atoms with Crippen molar-refractivity contribution in [2.24, 2.45) is 5.18 Å². The zero-order valence-corrected chi connectivity index (χ0v) is 6.47. The summed E-state index contributed by atoms with van der Waals surface area (Å²) in [5.74, 6) is 0. The van der Waals surface area contributed by atoms with Crippen LogP contribution >= 0.6 is 0 Å². The molecule has 0 aliphatic rings. The fraction of sp³-hybridized carbons (Fsp3) is 0.250. The van der Waals surface area contributed by atoms with Crippen molar-refractivity contribution < 1.29 is 5.11 Å². The Balaban J connectivity index is 2.38. The molecule has 0 radical (unpaired) electrons. The summed E-state index contributed by atoms with van der Waals surface area (Å²) in [6.07, 6.45) is -1.31. The summed E-state index contributed by atoms with van der Waals surface area (Å²) in [5, 5.41) is 13.7. The Hall–Kier alpha value is -1.26. The van der Waals surface area contributed by atoms with E-state index in [2.05, 4.69) is 10.5 Å². The lowest BCUT2D eigenvalue weighted by atomic mass is 10.2. The van der Waals surface area contributed by atoms with Crippen LogP contribution in [0, 0.1) is 4.91 Å². The zero-order valence-electron chi connectivity index (χ0n) is 6.47. The van der Waals surface area contributed by atoms with Crippen LogP contribution in [0.1, 0.15) is 5.56 Å². The van der Waals surface area contributed by atoms with E-state index in [9.17, 15) is 4.91 Å². The molecule has 4 nitrogen and oxygen atoms in total. The highest BCUT2D eigenvalue weighted by Crippen LogP contribution is 1.97. The molecular weight excluding hydrogens is 156 g/mol. The van der Waals surface area contributed by atoms with Crippen molar-refractivity contribution in [2.75, 3.05) is 0 Å². The summed E-state index contributed by atoms with van der Waals surface area (Å²) in [7, 11) is 0. The number of hydrogen-bond acceptors (Lipinski definition) is 4. The van der Waals surface area contributed by atoms with Gasteiger partial charge in [0.2, 0.25) is 6.35 Å². The molecule has 0 bridgehead atoms. The Bertz CT molecular complexity index is 238. The predicted molar refractivity (Wildman–Crippen MR) is 45.1 cm³/mol. The number of nitrogens with one attached hydrogen (secondary N) is 1. The van der Waals surface area contributed by atoms with Gasteiger partial charge in [-0.25, -0.2) is 0 Å². The Labute approximate surface area is 70.2 Å². The fourth-order valence-corrected chi connectivity index (χ4v) is 0.842. The molecule has 0 saturated carbocycles. The van der Waals surface area contributed by atoms with E-state index in [-0.39, 0.29) is 0 Å². The van der Waals surface area contributed by atoms with Gasteiger partial charge in [0.25, 0.3) is 0 Å². The second-order valence-electron chi connectivity index (χ2n) is 2.35. The molecule has 1 aromatic carbocycles. The highest BCUT2D eigenvalue weighted by molar-refractivity contribution is 5.14. The van der Waals surface area contributed by atoms with Gasteiger partial charge < -0.3 is 5.11 Å². The van der Waals surface area contributed by atoms with Gasteiger partial charge in [0.05, 0.1) is 0 Å². The molecule has 2 N–H and O–H groups in total. The molecule has 1 rings (SSSR count). The first-order valence-corrected chi connectivity index (χ1v) is 3.61.